The van der Waals surface area contributed by atoms with Crippen molar-refractivity contribution in [1.29, 1.82) is 0 Å². The standard InChI is InChI=1S/C16H17ClN2O5/c1-3-7-18-16(22)19-12(20)8-23-15(21)13-9(2)10-5-4-6-11(17)14(10)24-13/h4-6H,3,7-8H2,1-2H3,(H2,18,19,20,22). The summed E-state index contributed by atoms with van der Waals surface area (Å²) in [5.74, 6) is -1.56. The number of esters is 1. The number of carbonyl (C=O) groups is 3. The van der Waals surface area contributed by atoms with Crippen LogP contribution in [0.1, 0.15) is 29.5 Å². The smallest absolute Gasteiger partial charge is 0.375 e. The van der Waals surface area contributed by atoms with Gasteiger partial charge < -0.3 is 14.5 Å². The van der Waals surface area contributed by atoms with Crippen LogP contribution in [0.4, 0.5) is 4.79 Å². The molecule has 0 fully saturated rings. The van der Waals surface area contributed by atoms with Crippen LogP contribution in [-0.4, -0.2) is 31.1 Å². The molecule has 2 N–H and O–H groups in total. The second kappa shape index (κ2) is 7.83. The van der Waals surface area contributed by atoms with E-state index in [1.165, 1.54) is 0 Å². The first-order chi connectivity index (χ1) is 11.4. The number of fused-ring (bicyclic) bond motifs is 1. The van der Waals surface area contributed by atoms with Gasteiger partial charge in [-0.2, -0.15) is 0 Å². The summed E-state index contributed by atoms with van der Waals surface area (Å²) >= 11 is 6.02. The molecule has 1 aromatic heterocycles. The van der Waals surface area contributed by atoms with Crippen molar-refractivity contribution in [3.05, 3.63) is 34.5 Å². The molecule has 7 nitrogen and oxygen atoms in total. The van der Waals surface area contributed by atoms with Gasteiger partial charge in [0.1, 0.15) is 0 Å². The van der Waals surface area contributed by atoms with Crippen LogP contribution in [0.5, 0.6) is 0 Å². The maximum absolute atomic E-state index is 12.1. The molecular weight excluding hydrogens is 336 g/mol. The van der Waals surface area contributed by atoms with Gasteiger partial charge in [0.25, 0.3) is 5.91 Å². The Labute approximate surface area is 143 Å². The predicted octanol–water partition coefficient (Wildman–Crippen LogP) is 2.79. The molecule has 1 aromatic carbocycles. The molecule has 0 bridgehead atoms. The Hall–Kier alpha value is -2.54. The lowest BCUT2D eigenvalue weighted by Gasteiger charge is -2.06. The highest BCUT2D eigenvalue weighted by molar-refractivity contribution is 6.35. The van der Waals surface area contributed by atoms with Crippen LogP contribution >= 0.6 is 11.6 Å². The molecule has 0 aliphatic rings. The fraction of sp³-hybridized carbons (Fsp3) is 0.312. The summed E-state index contributed by atoms with van der Waals surface area (Å²) in [4.78, 5) is 35.0. The third-order valence-corrected chi connectivity index (χ3v) is 3.52. The normalized spacial score (nSPS) is 10.5. The molecule has 0 radical (unpaired) electrons. The van der Waals surface area contributed by atoms with Gasteiger partial charge in [-0.25, -0.2) is 9.59 Å². The molecule has 0 saturated heterocycles. The Balaban J connectivity index is 1.98. The monoisotopic (exact) mass is 352 g/mol. The lowest BCUT2D eigenvalue weighted by Crippen LogP contribution is -2.41. The number of ether oxygens (including phenoxy) is 1. The van der Waals surface area contributed by atoms with E-state index in [0.29, 0.717) is 28.1 Å². The van der Waals surface area contributed by atoms with Crippen molar-refractivity contribution in [3.8, 4) is 0 Å². The van der Waals surface area contributed by atoms with E-state index in [0.717, 1.165) is 6.42 Å². The first kappa shape index (κ1) is 17.8. The molecule has 0 spiro atoms. The van der Waals surface area contributed by atoms with Gasteiger partial charge in [-0.05, 0) is 19.4 Å². The molecule has 8 heteroatoms. The maximum Gasteiger partial charge on any atom is 0.375 e. The van der Waals surface area contributed by atoms with Crippen LogP contribution in [0, 0.1) is 6.92 Å². The lowest BCUT2D eigenvalue weighted by molar-refractivity contribution is -0.123. The second-order valence-corrected chi connectivity index (χ2v) is 5.46. The van der Waals surface area contributed by atoms with Crippen molar-refractivity contribution in [2.75, 3.05) is 13.2 Å². The van der Waals surface area contributed by atoms with Crippen LogP contribution in [0.2, 0.25) is 5.02 Å². The zero-order valence-corrected chi connectivity index (χ0v) is 14.0. The van der Waals surface area contributed by atoms with Gasteiger partial charge in [-0.1, -0.05) is 30.7 Å². The number of aryl methyl sites for hydroxylation is 1. The van der Waals surface area contributed by atoms with Crippen molar-refractivity contribution in [2.24, 2.45) is 0 Å². The SMILES string of the molecule is CCCNC(=O)NC(=O)COC(=O)c1oc2c(Cl)cccc2c1C. The van der Waals surface area contributed by atoms with Gasteiger partial charge in [0.15, 0.2) is 12.2 Å². The zero-order valence-electron chi connectivity index (χ0n) is 13.3. The summed E-state index contributed by atoms with van der Waals surface area (Å²) in [6.07, 6.45) is 0.741. The summed E-state index contributed by atoms with van der Waals surface area (Å²) in [5.41, 5.74) is 0.950. The van der Waals surface area contributed by atoms with Gasteiger partial charge in [-0.3, -0.25) is 10.1 Å². The van der Waals surface area contributed by atoms with Gasteiger partial charge in [-0.15, -0.1) is 0 Å². The summed E-state index contributed by atoms with van der Waals surface area (Å²) in [6.45, 7) is 3.42. The highest BCUT2D eigenvalue weighted by Crippen LogP contribution is 2.30. The van der Waals surface area contributed by atoms with E-state index in [9.17, 15) is 14.4 Å². The molecular formula is C16H17ClN2O5. The first-order valence-corrected chi connectivity index (χ1v) is 7.74. The molecule has 1 heterocycles. The predicted molar refractivity (Wildman–Crippen MR) is 88.1 cm³/mol. The molecule has 3 amide bonds. The van der Waals surface area contributed by atoms with Crippen molar-refractivity contribution >= 4 is 40.5 Å². The molecule has 0 unspecified atom stereocenters. The van der Waals surface area contributed by atoms with Crippen molar-refractivity contribution < 1.29 is 23.5 Å². The third-order valence-electron chi connectivity index (χ3n) is 3.22. The zero-order chi connectivity index (χ0) is 17.7. The average molecular weight is 353 g/mol. The van der Waals surface area contributed by atoms with E-state index in [1.807, 2.05) is 6.92 Å². The molecule has 128 valence electrons. The van der Waals surface area contributed by atoms with Gasteiger partial charge in [0, 0.05) is 17.5 Å². The number of urea groups is 1. The summed E-state index contributed by atoms with van der Waals surface area (Å²) in [7, 11) is 0. The molecule has 0 aliphatic carbocycles. The molecule has 2 rings (SSSR count). The second-order valence-electron chi connectivity index (χ2n) is 5.05. The van der Waals surface area contributed by atoms with E-state index in [-0.39, 0.29) is 5.76 Å². The molecule has 0 saturated carbocycles. The minimum Gasteiger partial charge on any atom is -0.450 e. The quantitative estimate of drug-likeness (QED) is 0.806. The summed E-state index contributed by atoms with van der Waals surface area (Å²) in [6, 6.07) is 4.51. The number of amides is 3. The first-order valence-electron chi connectivity index (χ1n) is 7.36. The number of halogens is 1. The number of imide groups is 1. The maximum atomic E-state index is 12.1. The number of nitrogens with one attached hydrogen (secondary N) is 2. The molecule has 24 heavy (non-hydrogen) atoms. The van der Waals surface area contributed by atoms with Crippen molar-refractivity contribution in [3.63, 3.8) is 0 Å². The number of carbonyl (C=O) groups excluding carboxylic acids is 3. The topological polar surface area (TPSA) is 97.6 Å². The number of rotatable bonds is 5. The van der Waals surface area contributed by atoms with E-state index in [1.54, 1.807) is 25.1 Å². The van der Waals surface area contributed by atoms with Crippen molar-refractivity contribution in [1.82, 2.24) is 10.6 Å². The molecule has 0 aliphatic heterocycles. The van der Waals surface area contributed by atoms with Crippen LogP contribution in [0.3, 0.4) is 0 Å². The number of hydrogen-bond donors (Lipinski definition) is 2. The Kier molecular flexibility index (Phi) is 5.81. The Morgan fingerprint density at radius 3 is 2.71 bits per heavy atom. The van der Waals surface area contributed by atoms with E-state index >= 15 is 0 Å². The Bertz CT molecular complexity index is 784. The van der Waals surface area contributed by atoms with Gasteiger partial charge in [0.2, 0.25) is 5.76 Å². The fourth-order valence-corrected chi connectivity index (χ4v) is 2.26. The summed E-state index contributed by atoms with van der Waals surface area (Å²) in [5, 5.41) is 5.59. The van der Waals surface area contributed by atoms with Crippen LogP contribution in [-0.2, 0) is 9.53 Å². The number of hydrogen-bond acceptors (Lipinski definition) is 5. The largest absolute Gasteiger partial charge is 0.450 e. The molecule has 0 atom stereocenters. The highest BCUT2D eigenvalue weighted by Gasteiger charge is 2.21. The number of para-hydroxylation sites is 1. The van der Waals surface area contributed by atoms with Gasteiger partial charge in [0.05, 0.1) is 5.02 Å². The minimum absolute atomic E-state index is 0.0265. The minimum atomic E-state index is -0.802. The Morgan fingerprint density at radius 1 is 1.29 bits per heavy atom. The van der Waals surface area contributed by atoms with E-state index in [4.69, 9.17) is 20.8 Å². The number of benzene rings is 1. The number of furan rings is 1. The summed E-state index contributed by atoms with van der Waals surface area (Å²) < 4.78 is 10.3. The van der Waals surface area contributed by atoms with Crippen molar-refractivity contribution in [2.45, 2.75) is 20.3 Å². The van der Waals surface area contributed by atoms with Crippen LogP contribution in [0.15, 0.2) is 22.6 Å². The van der Waals surface area contributed by atoms with Gasteiger partial charge >= 0.3 is 12.0 Å². The van der Waals surface area contributed by atoms with E-state index in [2.05, 4.69) is 10.6 Å². The fourth-order valence-electron chi connectivity index (χ4n) is 2.05. The third kappa shape index (κ3) is 4.05. The lowest BCUT2D eigenvalue weighted by atomic mass is 10.1. The van der Waals surface area contributed by atoms with Crippen LogP contribution < -0.4 is 10.6 Å². The molecule has 2 aromatic rings. The average Bonchev–Trinajstić information content (AvgIpc) is 2.89. The highest BCUT2D eigenvalue weighted by atomic mass is 35.5. The van der Waals surface area contributed by atoms with Crippen LogP contribution in [0.25, 0.3) is 11.0 Å². The Morgan fingerprint density at radius 2 is 2.04 bits per heavy atom. The van der Waals surface area contributed by atoms with E-state index < -0.39 is 24.5 Å².